The van der Waals surface area contributed by atoms with Crippen molar-refractivity contribution in [3.63, 3.8) is 0 Å². The zero-order chi connectivity index (χ0) is 22.5. The number of carbonyl (C=O) groups is 1. The van der Waals surface area contributed by atoms with Crippen LogP contribution >= 0.6 is 34.8 Å². The number of rotatable bonds is 9. The molecule has 0 radical (unpaired) electrons. The lowest BCUT2D eigenvalue weighted by Gasteiger charge is -2.06. The quantitative estimate of drug-likeness (QED) is 0.257. The highest BCUT2D eigenvalue weighted by Crippen LogP contribution is 2.29. The molecule has 0 aliphatic rings. The number of hydrogen-bond acceptors (Lipinski definition) is 6. The summed E-state index contributed by atoms with van der Waals surface area (Å²) in [5.41, 5.74) is 0.512. The number of benzene rings is 1. The first-order valence-corrected chi connectivity index (χ1v) is 10.2. The van der Waals surface area contributed by atoms with Gasteiger partial charge in [0.25, 0.3) is 11.6 Å². The molecule has 31 heavy (non-hydrogen) atoms. The van der Waals surface area contributed by atoms with Gasteiger partial charge >= 0.3 is 0 Å². The summed E-state index contributed by atoms with van der Waals surface area (Å²) in [7, 11) is 0. The summed E-state index contributed by atoms with van der Waals surface area (Å²) >= 11 is 18.1. The molecule has 0 fully saturated rings. The summed E-state index contributed by atoms with van der Waals surface area (Å²) in [4.78, 5) is 22.4. The van der Waals surface area contributed by atoms with Gasteiger partial charge in [-0.15, -0.1) is 0 Å². The molecule has 12 heteroatoms. The molecule has 2 heterocycles. The molecule has 0 aliphatic heterocycles. The topological polar surface area (TPSA) is 112 Å². The van der Waals surface area contributed by atoms with Crippen molar-refractivity contribution in [2.24, 2.45) is 0 Å². The molecule has 164 valence electrons. The fraction of sp³-hybridized carbons (Fsp3) is 0.263. The Morgan fingerprint density at radius 2 is 2.06 bits per heavy atom. The van der Waals surface area contributed by atoms with Gasteiger partial charge in [-0.1, -0.05) is 34.8 Å². The molecule has 0 bridgehead atoms. The van der Waals surface area contributed by atoms with E-state index in [-0.39, 0.29) is 34.7 Å². The van der Waals surface area contributed by atoms with Crippen molar-refractivity contribution in [3.05, 3.63) is 72.9 Å². The Morgan fingerprint density at radius 1 is 1.29 bits per heavy atom. The number of ether oxygens (including phenoxy) is 1. The van der Waals surface area contributed by atoms with E-state index in [1.54, 1.807) is 17.7 Å². The van der Waals surface area contributed by atoms with Crippen LogP contribution in [0.25, 0.3) is 0 Å². The zero-order valence-corrected chi connectivity index (χ0v) is 18.5. The van der Waals surface area contributed by atoms with Gasteiger partial charge in [0.2, 0.25) is 0 Å². The molecular weight excluding hydrogens is 471 g/mol. The third-order valence-corrected chi connectivity index (χ3v) is 5.44. The van der Waals surface area contributed by atoms with E-state index in [0.29, 0.717) is 41.1 Å². The zero-order valence-electron chi connectivity index (χ0n) is 16.2. The lowest BCUT2D eigenvalue weighted by atomic mass is 10.3. The number of hydrogen-bond donors (Lipinski definition) is 1. The first kappa shape index (κ1) is 22.9. The number of aromatic nitrogens is 2. The maximum atomic E-state index is 12.2. The van der Waals surface area contributed by atoms with Crippen molar-refractivity contribution >= 4 is 46.4 Å². The molecular formula is C19H17Cl3N4O5. The molecule has 0 saturated heterocycles. The lowest BCUT2D eigenvalue weighted by Crippen LogP contribution is -2.25. The van der Waals surface area contributed by atoms with E-state index in [1.807, 2.05) is 0 Å². The monoisotopic (exact) mass is 486 g/mol. The van der Waals surface area contributed by atoms with Gasteiger partial charge in [-0.2, -0.15) is 5.10 Å². The maximum absolute atomic E-state index is 12.2. The molecule has 1 aromatic carbocycles. The third-order valence-electron chi connectivity index (χ3n) is 4.21. The molecule has 3 aromatic rings. The van der Waals surface area contributed by atoms with E-state index < -0.39 is 4.92 Å². The summed E-state index contributed by atoms with van der Waals surface area (Å²) in [5, 5.41) is 18.6. The van der Waals surface area contributed by atoms with Crippen LogP contribution in [0.1, 0.15) is 28.4 Å². The van der Waals surface area contributed by atoms with Crippen LogP contribution in [0.5, 0.6) is 5.75 Å². The van der Waals surface area contributed by atoms with Crippen molar-refractivity contribution < 1.29 is 18.9 Å². The predicted octanol–water partition coefficient (Wildman–Crippen LogP) is 5.05. The average molecular weight is 488 g/mol. The first-order chi connectivity index (χ1) is 14.8. The largest absolute Gasteiger partial charge is 0.484 e. The van der Waals surface area contributed by atoms with Crippen molar-refractivity contribution in [1.82, 2.24) is 15.1 Å². The van der Waals surface area contributed by atoms with E-state index in [1.165, 1.54) is 24.3 Å². The van der Waals surface area contributed by atoms with E-state index >= 15 is 0 Å². The molecule has 0 spiro atoms. The summed E-state index contributed by atoms with van der Waals surface area (Å²) < 4.78 is 12.6. The van der Waals surface area contributed by atoms with Crippen LogP contribution in [0, 0.1) is 17.0 Å². The number of nitro groups is 1. The molecule has 1 N–H and O–H groups in total. The fourth-order valence-corrected chi connectivity index (χ4v) is 3.27. The molecule has 0 atom stereocenters. The van der Waals surface area contributed by atoms with Crippen LogP contribution in [0.3, 0.4) is 0 Å². The minimum Gasteiger partial charge on any atom is -0.484 e. The highest BCUT2D eigenvalue weighted by Gasteiger charge is 2.14. The summed E-state index contributed by atoms with van der Waals surface area (Å²) in [6.07, 6.45) is 0.595. The number of nitrogens with one attached hydrogen (secondary N) is 1. The standard InChI is InChI=1S/C19H17Cl3N4O5/c1-11-17(21)18(22)25(24-11)8-2-7-23-19(27)16-6-4-13(31-16)10-30-15-5-3-12(26(28)29)9-14(15)20/h3-6,9H,2,7-8,10H2,1H3,(H,23,27). The first-order valence-electron chi connectivity index (χ1n) is 9.08. The number of carbonyl (C=O) groups excluding carboxylic acids is 1. The average Bonchev–Trinajstić information content (AvgIpc) is 3.31. The molecule has 0 saturated carbocycles. The Bertz CT molecular complexity index is 1110. The fourth-order valence-electron chi connectivity index (χ4n) is 2.64. The SMILES string of the molecule is Cc1nn(CCCNC(=O)c2ccc(COc3ccc([N+](=O)[O-])cc3Cl)o2)c(Cl)c1Cl. The minimum atomic E-state index is -0.549. The van der Waals surface area contributed by atoms with Gasteiger partial charge in [0.1, 0.15) is 28.3 Å². The number of aryl methyl sites for hydroxylation is 2. The van der Waals surface area contributed by atoms with Crippen LogP contribution in [0.15, 0.2) is 34.7 Å². The Balaban J connectivity index is 1.47. The normalized spacial score (nSPS) is 10.8. The molecule has 3 rings (SSSR count). The van der Waals surface area contributed by atoms with Gasteiger partial charge in [-0.25, -0.2) is 0 Å². The lowest BCUT2D eigenvalue weighted by molar-refractivity contribution is -0.384. The minimum absolute atomic E-state index is 0.00270. The second-order valence-electron chi connectivity index (χ2n) is 6.45. The van der Waals surface area contributed by atoms with E-state index in [4.69, 9.17) is 44.0 Å². The van der Waals surface area contributed by atoms with Crippen LogP contribution in [-0.4, -0.2) is 27.2 Å². The van der Waals surface area contributed by atoms with Gasteiger partial charge in [0.15, 0.2) is 5.76 Å². The van der Waals surface area contributed by atoms with Crippen molar-refractivity contribution in [2.45, 2.75) is 26.5 Å². The van der Waals surface area contributed by atoms with Crippen molar-refractivity contribution in [2.75, 3.05) is 6.54 Å². The van der Waals surface area contributed by atoms with E-state index in [2.05, 4.69) is 10.4 Å². The van der Waals surface area contributed by atoms with Crippen LogP contribution in [0.4, 0.5) is 5.69 Å². The summed E-state index contributed by atoms with van der Waals surface area (Å²) in [5.74, 6) is 0.417. The number of nitro benzene ring substituents is 1. The van der Waals surface area contributed by atoms with Crippen LogP contribution in [-0.2, 0) is 13.2 Å². The Hall–Kier alpha value is -2.75. The van der Waals surface area contributed by atoms with Crippen LogP contribution in [0.2, 0.25) is 15.2 Å². The van der Waals surface area contributed by atoms with Gasteiger partial charge < -0.3 is 14.5 Å². The van der Waals surface area contributed by atoms with Gasteiger partial charge in [0.05, 0.1) is 15.6 Å². The van der Waals surface area contributed by atoms with E-state index in [0.717, 1.165) is 0 Å². The van der Waals surface area contributed by atoms with Crippen molar-refractivity contribution in [1.29, 1.82) is 0 Å². The molecule has 0 unspecified atom stereocenters. The number of non-ortho nitro benzene ring substituents is 1. The third kappa shape index (κ3) is 5.69. The Labute approximate surface area is 192 Å². The molecule has 1 amide bonds. The molecule has 9 nitrogen and oxygen atoms in total. The second-order valence-corrected chi connectivity index (χ2v) is 7.59. The molecule has 0 aliphatic carbocycles. The van der Waals surface area contributed by atoms with Crippen molar-refractivity contribution in [3.8, 4) is 5.75 Å². The second kappa shape index (κ2) is 10.0. The van der Waals surface area contributed by atoms with Gasteiger partial charge in [-0.05, 0) is 31.5 Å². The number of amides is 1. The maximum Gasteiger partial charge on any atom is 0.286 e. The Kier molecular flexibility index (Phi) is 7.42. The van der Waals surface area contributed by atoms with Gasteiger partial charge in [-0.3, -0.25) is 19.6 Å². The van der Waals surface area contributed by atoms with E-state index in [9.17, 15) is 14.9 Å². The predicted molar refractivity (Wildman–Crippen MR) is 115 cm³/mol. The highest BCUT2D eigenvalue weighted by atomic mass is 35.5. The summed E-state index contributed by atoms with van der Waals surface area (Å²) in [6, 6.07) is 7.01. The Morgan fingerprint density at radius 3 is 2.71 bits per heavy atom. The smallest absolute Gasteiger partial charge is 0.286 e. The number of furan rings is 1. The number of nitrogens with zero attached hydrogens (tertiary/aromatic N) is 3. The highest BCUT2D eigenvalue weighted by molar-refractivity contribution is 6.41. The number of halogens is 3. The van der Waals surface area contributed by atoms with Crippen LogP contribution < -0.4 is 10.1 Å². The van der Waals surface area contributed by atoms with Gasteiger partial charge in [0, 0.05) is 25.2 Å². The molecule has 2 aromatic heterocycles. The summed E-state index contributed by atoms with van der Waals surface area (Å²) in [6.45, 7) is 2.65.